The summed E-state index contributed by atoms with van der Waals surface area (Å²) in [6.07, 6.45) is 0.215. The molecule has 0 bridgehead atoms. The number of methoxy groups -OCH3 is 2. The molecule has 0 spiro atoms. The second kappa shape index (κ2) is 8.75. The molecular formula is C25H21NO5. The number of ether oxygens (including phenoxy) is 2. The molecule has 0 fully saturated rings. The van der Waals surface area contributed by atoms with Crippen molar-refractivity contribution in [2.24, 2.45) is 0 Å². The number of anilines is 1. The van der Waals surface area contributed by atoms with E-state index in [1.165, 1.54) is 6.07 Å². The monoisotopic (exact) mass is 415 g/mol. The summed E-state index contributed by atoms with van der Waals surface area (Å²) in [4.78, 5) is 25.1. The van der Waals surface area contributed by atoms with Crippen molar-refractivity contribution < 1.29 is 18.7 Å². The minimum absolute atomic E-state index is 0.177. The van der Waals surface area contributed by atoms with Crippen LogP contribution >= 0.6 is 0 Å². The average Bonchev–Trinajstić information content (AvgIpc) is 2.80. The van der Waals surface area contributed by atoms with Crippen molar-refractivity contribution in [2.45, 2.75) is 6.42 Å². The van der Waals surface area contributed by atoms with E-state index in [1.54, 1.807) is 44.6 Å². The van der Waals surface area contributed by atoms with E-state index in [-0.39, 0.29) is 17.8 Å². The molecule has 1 N–H and O–H groups in total. The zero-order valence-corrected chi connectivity index (χ0v) is 17.2. The molecule has 0 atom stereocenters. The van der Waals surface area contributed by atoms with Gasteiger partial charge in [0.05, 0.1) is 26.0 Å². The molecule has 0 saturated heterocycles. The Labute approximate surface area is 179 Å². The Morgan fingerprint density at radius 3 is 2.16 bits per heavy atom. The van der Waals surface area contributed by atoms with E-state index in [0.717, 1.165) is 22.6 Å². The molecule has 1 aromatic heterocycles. The van der Waals surface area contributed by atoms with Crippen LogP contribution < -0.4 is 20.2 Å². The minimum atomic E-state index is -0.182. The van der Waals surface area contributed by atoms with Gasteiger partial charge in [-0.2, -0.15) is 0 Å². The van der Waals surface area contributed by atoms with Gasteiger partial charge in [-0.15, -0.1) is 0 Å². The third-order valence-corrected chi connectivity index (χ3v) is 4.91. The minimum Gasteiger partial charge on any atom is -0.497 e. The van der Waals surface area contributed by atoms with Crippen molar-refractivity contribution in [3.63, 3.8) is 0 Å². The van der Waals surface area contributed by atoms with Crippen molar-refractivity contribution in [3.05, 3.63) is 88.6 Å². The topological polar surface area (TPSA) is 77.8 Å². The molecule has 6 heteroatoms. The van der Waals surface area contributed by atoms with Gasteiger partial charge in [-0.1, -0.05) is 12.1 Å². The van der Waals surface area contributed by atoms with Gasteiger partial charge in [0, 0.05) is 17.3 Å². The summed E-state index contributed by atoms with van der Waals surface area (Å²) in [6.45, 7) is 0. The summed E-state index contributed by atoms with van der Waals surface area (Å²) in [5.41, 5.74) is 2.44. The lowest BCUT2D eigenvalue weighted by molar-refractivity contribution is -0.115. The Balaban J connectivity index is 1.53. The van der Waals surface area contributed by atoms with E-state index in [2.05, 4.69) is 5.32 Å². The van der Waals surface area contributed by atoms with Crippen LogP contribution in [0.15, 0.2) is 82.0 Å². The fraction of sp³-hybridized carbons (Fsp3) is 0.120. The number of carbonyl (C=O) groups excluding carboxylic acids is 1. The third-order valence-electron chi connectivity index (χ3n) is 4.91. The number of amides is 1. The first-order valence-corrected chi connectivity index (χ1v) is 9.71. The summed E-state index contributed by atoms with van der Waals surface area (Å²) in [5.74, 6) is 1.75. The highest BCUT2D eigenvalue weighted by atomic mass is 16.5. The Morgan fingerprint density at radius 1 is 0.871 bits per heavy atom. The van der Waals surface area contributed by atoms with Gasteiger partial charge in [0.2, 0.25) is 5.91 Å². The number of benzene rings is 3. The molecule has 3 aromatic carbocycles. The molecule has 1 amide bonds. The smallest absolute Gasteiger partial charge is 0.228 e. The molecule has 0 saturated carbocycles. The van der Waals surface area contributed by atoms with Crippen molar-refractivity contribution in [3.8, 4) is 22.8 Å². The van der Waals surface area contributed by atoms with E-state index >= 15 is 0 Å². The van der Waals surface area contributed by atoms with Gasteiger partial charge in [0.1, 0.15) is 22.8 Å². The van der Waals surface area contributed by atoms with Crippen LogP contribution in [0, 0.1) is 0 Å². The summed E-state index contributed by atoms with van der Waals surface area (Å²) in [6, 6.07) is 21.1. The second-order valence-electron chi connectivity index (χ2n) is 6.99. The van der Waals surface area contributed by atoms with Gasteiger partial charge in [-0.25, -0.2) is 0 Å². The SMILES string of the molecule is COc1ccc(CC(=O)Nc2ccc3oc(-c4ccc(OC)cc4)cc(=O)c3c2)cc1. The van der Waals surface area contributed by atoms with Crippen LogP contribution in [0.4, 0.5) is 5.69 Å². The van der Waals surface area contributed by atoms with Crippen molar-refractivity contribution >= 4 is 22.6 Å². The number of fused-ring (bicyclic) bond motifs is 1. The van der Waals surface area contributed by atoms with E-state index in [0.29, 0.717) is 22.4 Å². The van der Waals surface area contributed by atoms with E-state index in [9.17, 15) is 9.59 Å². The molecule has 4 aromatic rings. The third kappa shape index (κ3) is 4.59. The largest absolute Gasteiger partial charge is 0.497 e. The van der Waals surface area contributed by atoms with Gasteiger partial charge in [-0.3, -0.25) is 9.59 Å². The molecule has 0 aliphatic rings. The lowest BCUT2D eigenvalue weighted by Crippen LogP contribution is -2.14. The first kappa shape index (κ1) is 20.2. The molecule has 0 unspecified atom stereocenters. The molecule has 0 aliphatic carbocycles. The normalized spacial score (nSPS) is 10.6. The number of nitrogens with one attached hydrogen (secondary N) is 1. The molecule has 31 heavy (non-hydrogen) atoms. The van der Waals surface area contributed by atoms with Crippen LogP contribution in [-0.4, -0.2) is 20.1 Å². The number of hydrogen-bond acceptors (Lipinski definition) is 5. The quantitative estimate of drug-likeness (QED) is 0.496. The Hall–Kier alpha value is -4.06. The summed E-state index contributed by atoms with van der Waals surface area (Å²) in [7, 11) is 3.19. The lowest BCUT2D eigenvalue weighted by atomic mass is 10.1. The number of hydrogen-bond donors (Lipinski definition) is 1. The lowest BCUT2D eigenvalue weighted by Gasteiger charge is -2.08. The maximum absolute atomic E-state index is 12.7. The molecule has 1 heterocycles. The fourth-order valence-electron chi connectivity index (χ4n) is 3.27. The van der Waals surface area contributed by atoms with Crippen molar-refractivity contribution in [1.29, 1.82) is 0 Å². The summed E-state index contributed by atoms with van der Waals surface area (Å²) < 4.78 is 16.2. The molecule has 4 rings (SSSR count). The highest BCUT2D eigenvalue weighted by Gasteiger charge is 2.10. The van der Waals surface area contributed by atoms with Crippen LogP contribution in [-0.2, 0) is 11.2 Å². The number of rotatable bonds is 6. The maximum Gasteiger partial charge on any atom is 0.228 e. The van der Waals surface area contributed by atoms with E-state index in [4.69, 9.17) is 13.9 Å². The average molecular weight is 415 g/mol. The summed E-state index contributed by atoms with van der Waals surface area (Å²) in [5, 5.41) is 3.24. The van der Waals surface area contributed by atoms with Crippen LogP contribution in [0.2, 0.25) is 0 Å². The zero-order chi connectivity index (χ0) is 21.8. The predicted octanol–water partition coefficient (Wildman–Crippen LogP) is 4.66. The fourth-order valence-corrected chi connectivity index (χ4v) is 3.27. The first-order chi connectivity index (χ1) is 15.1. The van der Waals surface area contributed by atoms with E-state index in [1.807, 2.05) is 36.4 Å². The van der Waals surface area contributed by atoms with Gasteiger partial charge in [0.15, 0.2) is 5.43 Å². The van der Waals surface area contributed by atoms with Crippen LogP contribution in [0.25, 0.3) is 22.3 Å². The molecular weight excluding hydrogens is 394 g/mol. The van der Waals surface area contributed by atoms with Crippen LogP contribution in [0.3, 0.4) is 0 Å². The van der Waals surface area contributed by atoms with Gasteiger partial charge in [-0.05, 0) is 60.2 Å². The highest BCUT2D eigenvalue weighted by molar-refractivity contribution is 5.94. The molecule has 0 aliphatic heterocycles. The van der Waals surface area contributed by atoms with Gasteiger partial charge < -0.3 is 19.2 Å². The molecule has 0 radical (unpaired) electrons. The second-order valence-corrected chi connectivity index (χ2v) is 6.99. The zero-order valence-electron chi connectivity index (χ0n) is 17.2. The van der Waals surface area contributed by atoms with Crippen molar-refractivity contribution in [1.82, 2.24) is 0 Å². The first-order valence-electron chi connectivity index (χ1n) is 9.71. The summed E-state index contributed by atoms with van der Waals surface area (Å²) >= 11 is 0. The Bertz CT molecular complexity index is 1270. The number of carbonyl (C=O) groups is 1. The Kier molecular flexibility index (Phi) is 5.71. The van der Waals surface area contributed by atoms with Gasteiger partial charge >= 0.3 is 0 Å². The van der Waals surface area contributed by atoms with Crippen LogP contribution in [0.5, 0.6) is 11.5 Å². The van der Waals surface area contributed by atoms with Crippen LogP contribution in [0.1, 0.15) is 5.56 Å². The molecule has 6 nitrogen and oxygen atoms in total. The van der Waals surface area contributed by atoms with Gasteiger partial charge in [0.25, 0.3) is 0 Å². The maximum atomic E-state index is 12.7. The molecule has 156 valence electrons. The standard InChI is InChI=1S/C25H21NO5/c1-29-19-8-3-16(4-9-19)13-25(28)26-18-7-12-23-21(14-18)22(27)15-24(31-23)17-5-10-20(30-2)11-6-17/h3-12,14-15H,13H2,1-2H3,(H,26,28). The Morgan fingerprint density at radius 2 is 1.52 bits per heavy atom. The highest BCUT2D eigenvalue weighted by Crippen LogP contribution is 2.25. The van der Waals surface area contributed by atoms with E-state index < -0.39 is 0 Å². The van der Waals surface area contributed by atoms with Crippen molar-refractivity contribution in [2.75, 3.05) is 19.5 Å². The predicted molar refractivity (Wildman–Crippen MR) is 120 cm³/mol.